The van der Waals surface area contributed by atoms with Crippen molar-refractivity contribution in [3.05, 3.63) is 66.6 Å². The van der Waals surface area contributed by atoms with Gasteiger partial charge < -0.3 is 4.42 Å². The van der Waals surface area contributed by atoms with Crippen LogP contribution in [0.5, 0.6) is 0 Å². The van der Waals surface area contributed by atoms with E-state index in [1.807, 2.05) is 30.3 Å². The lowest BCUT2D eigenvalue weighted by molar-refractivity contribution is -0.129. The Kier molecular flexibility index (Phi) is 5.96. The Balaban J connectivity index is 2.10. The second-order valence-electron chi connectivity index (χ2n) is 6.47. The molecule has 0 saturated carbocycles. The topological polar surface area (TPSA) is 96.6 Å². The monoisotopic (exact) mass is 399 g/mol. The molecule has 0 atom stereocenters. The number of hydrogen-bond donors (Lipinski definition) is 2. The summed E-state index contributed by atoms with van der Waals surface area (Å²) in [6, 6.07) is 16.4. The predicted molar refractivity (Wildman–Crippen MR) is 106 cm³/mol. The number of benzene rings is 2. The van der Waals surface area contributed by atoms with Gasteiger partial charge in [-0.05, 0) is 18.1 Å². The molecule has 1 aromatic heterocycles. The van der Waals surface area contributed by atoms with Crippen LogP contribution in [0, 0.1) is 0 Å². The van der Waals surface area contributed by atoms with Gasteiger partial charge in [-0.25, -0.2) is 13.9 Å². The average Bonchev–Trinajstić information content (AvgIpc) is 3.11. The van der Waals surface area contributed by atoms with E-state index < -0.39 is 15.7 Å². The van der Waals surface area contributed by atoms with Crippen LogP contribution in [0.4, 0.5) is 0 Å². The summed E-state index contributed by atoms with van der Waals surface area (Å²) in [5, 5.41) is 8.64. The van der Waals surface area contributed by atoms with Gasteiger partial charge in [0.15, 0.2) is 9.84 Å². The summed E-state index contributed by atoms with van der Waals surface area (Å²) in [6.45, 7) is 0. The normalized spacial score (nSPS) is 11.4. The highest BCUT2D eigenvalue weighted by Gasteiger charge is 2.22. The molecule has 146 valence electrons. The summed E-state index contributed by atoms with van der Waals surface area (Å²) in [4.78, 5) is 11.5. The number of hydroxylamine groups is 1. The molecule has 2 aromatic carbocycles. The van der Waals surface area contributed by atoms with Crippen molar-refractivity contribution in [2.24, 2.45) is 0 Å². The van der Waals surface area contributed by atoms with Crippen molar-refractivity contribution in [2.75, 3.05) is 6.26 Å². The molecule has 0 aliphatic heterocycles. The summed E-state index contributed by atoms with van der Waals surface area (Å²) in [6.07, 6.45) is 3.85. The highest BCUT2D eigenvalue weighted by Crippen LogP contribution is 2.39. The lowest BCUT2D eigenvalue weighted by Gasteiger charge is -2.10. The van der Waals surface area contributed by atoms with Gasteiger partial charge in [0, 0.05) is 35.8 Å². The lowest BCUT2D eigenvalue weighted by Crippen LogP contribution is -2.18. The van der Waals surface area contributed by atoms with E-state index in [0.717, 1.165) is 11.1 Å². The van der Waals surface area contributed by atoms with Gasteiger partial charge in [0.05, 0.1) is 11.2 Å². The first-order valence-corrected chi connectivity index (χ1v) is 10.7. The molecule has 1 amide bonds. The van der Waals surface area contributed by atoms with Crippen molar-refractivity contribution >= 4 is 15.7 Å². The smallest absolute Gasteiger partial charge is 0.243 e. The highest BCUT2D eigenvalue weighted by molar-refractivity contribution is 7.90. The quantitative estimate of drug-likeness (QED) is 0.465. The first-order valence-electron chi connectivity index (χ1n) is 8.80. The fraction of sp³-hybridized carbons (Fsp3) is 0.190. The van der Waals surface area contributed by atoms with E-state index in [0.29, 0.717) is 29.7 Å². The van der Waals surface area contributed by atoms with Crippen molar-refractivity contribution in [3.63, 3.8) is 0 Å². The molecule has 1 heterocycles. The zero-order valence-electron chi connectivity index (χ0n) is 15.4. The Morgan fingerprint density at radius 1 is 1.04 bits per heavy atom. The van der Waals surface area contributed by atoms with Gasteiger partial charge in [-0.1, -0.05) is 48.5 Å². The summed E-state index contributed by atoms with van der Waals surface area (Å²) >= 11 is 0. The number of rotatable bonds is 7. The van der Waals surface area contributed by atoms with Gasteiger partial charge in [0.2, 0.25) is 5.91 Å². The van der Waals surface area contributed by atoms with Gasteiger partial charge in [-0.15, -0.1) is 0 Å². The predicted octanol–water partition coefficient (Wildman–Crippen LogP) is 3.85. The van der Waals surface area contributed by atoms with Gasteiger partial charge in [0.1, 0.15) is 5.76 Å². The van der Waals surface area contributed by atoms with Crippen LogP contribution in [-0.2, 0) is 21.1 Å². The highest BCUT2D eigenvalue weighted by atomic mass is 32.2. The number of hydrogen-bond acceptors (Lipinski definition) is 5. The zero-order chi connectivity index (χ0) is 20.1. The molecule has 0 aliphatic carbocycles. The molecule has 0 saturated heterocycles. The standard InChI is InChI=1S/C21H21NO5S/c1-28(25,26)19-12-6-5-10-16(19)17-14-27-18(11-7-13-20(23)22-24)21(17)15-8-3-2-4-9-15/h2-6,8-10,12,14,24H,7,11,13H2,1H3,(H,22,23). The molecule has 0 radical (unpaired) electrons. The molecule has 0 aliphatic rings. The molecule has 28 heavy (non-hydrogen) atoms. The minimum Gasteiger partial charge on any atom is -0.468 e. The lowest BCUT2D eigenvalue weighted by atomic mass is 9.95. The van der Waals surface area contributed by atoms with E-state index >= 15 is 0 Å². The molecule has 0 fully saturated rings. The van der Waals surface area contributed by atoms with Crippen molar-refractivity contribution in [2.45, 2.75) is 24.2 Å². The first kappa shape index (κ1) is 19.9. The Morgan fingerprint density at radius 3 is 2.39 bits per heavy atom. The largest absolute Gasteiger partial charge is 0.468 e. The molecule has 0 bridgehead atoms. The molecule has 7 heteroatoms. The van der Waals surface area contributed by atoms with E-state index in [9.17, 15) is 13.2 Å². The summed E-state index contributed by atoms with van der Waals surface area (Å²) in [7, 11) is -3.43. The van der Waals surface area contributed by atoms with Crippen LogP contribution in [0.15, 0.2) is 70.2 Å². The van der Waals surface area contributed by atoms with E-state index in [1.165, 1.54) is 6.26 Å². The number of sulfone groups is 1. The maximum absolute atomic E-state index is 12.3. The molecule has 3 aromatic rings. The number of nitrogens with one attached hydrogen (secondary N) is 1. The van der Waals surface area contributed by atoms with Crippen LogP contribution in [-0.4, -0.2) is 25.8 Å². The maximum Gasteiger partial charge on any atom is 0.243 e. The SMILES string of the molecule is CS(=O)(=O)c1ccccc1-c1coc(CCCC(=O)NO)c1-c1ccccc1. The first-order chi connectivity index (χ1) is 13.4. The Bertz CT molecular complexity index is 1070. The van der Waals surface area contributed by atoms with Crippen LogP contribution >= 0.6 is 0 Å². The minimum atomic E-state index is -3.43. The van der Waals surface area contributed by atoms with Gasteiger partial charge in [0.25, 0.3) is 0 Å². The molecule has 0 spiro atoms. The zero-order valence-corrected chi connectivity index (χ0v) is 16.2. The van der Waals surface area contributed by atoms with Gasteiger partial charge >= 0.3 is 0 Å². The third-order valence-electron chi connectivity index (χ3n) is 4.44. The fourth-order valence-electron chi connectivity index (χ4n) is 3.18. The van der Waals surface area contributed by atoms with Gasteiger partial charge in [-0.3, -0.25) is 10.0 Å². The van der Waals surface area contributed by atoms with Crippen LogP contribution in [0.2, 0.25) is 0 Å². The van der Waals surface area contributed by atoms with Crippen molar-refractivity contribution in [3.8, 4) is 22.3 Å². The molecule has 3 rings (SSSR count). The molecular weight excluding hydrogens is 378 g/mol. The Labute approximate surface area is 163 Å². The number of furan rings is 1. The number of carbonyl (C=O) groups excluding carboxylic acids is 1. The molecule has 2 N–H and O–H groups in total. The summed E-state index contributed by atoms with van der Waals surface area (Å²) in [5.74, 6) is 0.200. The molecule has 6 nitrogen and oxygen atoms in total. The van der Waals surface area contributed by atoms with E-state index in [4.69, 9.17) is 9.62 Å². The van der Waals surface area contributed by atoms with Crippen LogP contribution in [0.3, 0.4) is 0 Å². The number of amides is 1. The minimum absolute atomic E-state index is 0.153. The average molecular weight is 399 g/mol. The fourth-order valence-corrected chi connectivity index (χ4v) is 4.08. The van der Waals surface area contributed by atoms with E-state index in [1.54, 1.807) is 36.0 Å². The van der Waals surface area contributed by atoms with Crippen molar-refractivity contribution < 1.29 is 22.8 Å². The molecular formula is C21H21NO5S. The number of aryl methyl sites for hydroxylation is 1. The summed E-state index contributed by atoms with van der Waals surface area (Å²) < 4.78 is 30.3. The third kappa shape index (κ3) is 4.32. The molecule has 0 unspecified atom stereocenters. The second-order valence-corrected chi connectivity index (χ2v) is 8.45. The Morgan fingerprint density at radius 2 is 1.71 bits per heavy atom. The van der Waals surface area contributed by atoms with E-state index in [2.05, 4.69) is 0 Å². The Hall–Kier alpha value is -2.90. The van der Waals surface area contributed by atoms with E-state index in [-0.39, 0.29) is 11.3 Å². The van der Waals surface area contributed by atoms with Crippen LogP contribution in [0.25, 0.3) is 22.3 Å². The van der Waals surface area contributed by atoms with Crippen LogP contribution < -0.4 is 5.48 Å². The van der Waals surface area contributed by atoms with Crippen molar-refractivity contribution in [1.29, 1.82) is 0 Å². The van der Waals surface area contributed by atoms with Crippen LogP contribution in [0.1, 0.15) is 18.6 Å². The third-order valence-corrected chi connectivity index (χ3v) is 5.59. The second kappa shape index (κ2) is 8.41. The number of carbonyl (C=O) groups is 1. The summed E-state index contributed by atoms with van der Waals surface area (Å²) in [5.41, 5.74) is 4.59. The maximum atomic E-state index is 12.3. The van der Waals surface area contributed by atoms with Gasteiger partial charge in [-0.2, -0.15) is 0 Å². The van der Waals surface area contributed by atoms with Crippen molar-refractivity contribution in [1.82, 2.24) is 5.48 Å².